The summed E-state index contributed by atoms with van der Waals surface area (Å²) in [5.74, 6) is 1.46. The van der Waals surface area contributed by atoms with Gasteiger partial charge < -0.3 is 15.1 Å². The summed E-state index contributed by atoms with van der Waals surface area (Å²) in [5.41, 5.74) is 1.87. The Hall–Kier alpha value is -3.23. The molecule has 2 saturated heterocycles. The maximum atomic E-state index is 12.8. The molecule has 29 heavy (non-hydrogen) atoms. The molecule has 1 aromatic carbocycles. The minimum Gasteiger partial charge on any atom is -0.353 e. The van der Waals surface area contributed by atoms with Crippen LogP contribution >= 0.6 is 0 Å². The molecular weight excluding hydrogens is 370 g/mol. The topological polar surface area (TPSA) is 100 Å². The van der Waals surface area contributed by atoms with Gasteiger partial charge in [-0.15, -0.1) is 0 Å². The Morgan fingerprint density at radius 3 is 2.45 bits per heavy atom. The molecule has 0 bridgehead atoms. The zero-order valence-electron chi connectivity index (χ0n) is 16.1. The molecule has 2 aliphatic heterocycles. The highest BCUT2D eigenvalue weighted by atomic mass is 16.6. The maximum Gasteiger partial charge on any atom is 0.245 e. The number of piperidine rings is 1. The number of benzene rings is 1. The quantitative estimate of drug-likeness (QED) is 0.713. The van der Waals surface area contributed by atoms with Crippen molar-refractivity contribution in [2.45, 2.75) is 31.7 Å². The van der Waals surface area contributed by atoms with Crippen LogP contribution in [0.3, 0.4) is 0 Å². The average Bonchev–Trinajstić information content (AvgIpc) is 3.23. The first kappa shape index (κ1) is 17.8. The standard InChI is InChI=1S/C20H23N7O2/c28-20-15(13-14-7-3-1-4-8-14)27(12-9-21-20)19-18(26-10-5-2-6-11-26)22-16-17(23-19)25-29-24-16/h1,3-4,7-8,15H,2,5-6,9-13H2,(H,21,28). The second kappa shape index (κ2) is 7.65. The lowest BCUT2D eigenvalue weighted by Crippen LogP contribution is -2.57. The van der Waals surface area contributed by atoms with Gasteiger partial charge in [-0.2, -0.15) is 0 Å². The summed E-state index contributed by atoms with van der Waals surface area (Å²) < 4.78 is 4.85. The van der Waals surface area contributed by atoms with Crippen molar-refractivity contribution in [2.75, 3.05) is 36.0 Å². The van der Waals surface area contributed by atoms with Gasteiger partial charge in [-0.1, -0.05) is 30.3 Å². The van der Waals surface area contributed by atoms with Gasteiger partial charge in [0.25, 0.3) is 0 Å². The SMILES string of the molecule is O=C1NCCN(c2nc3nonc3nc2N2CCCCC2)C1Cc1ccccc1. The molecule has 9 nitrogen and oxygen atoms in total. The van der Waals surface area contributed by atoms with Crippen LogP contribution < -0.4 is 15.1 Å². The number of aromatic nitrogens is 4. The maximum absolute atomic E-state index is 12.8. The minimum atomic E-state index is -0.360. The molecule has 0 radical (unpaired) electrons. The third-order valence-corrected chi connectivity index (χ3v) is 5.61. The van der Waals surface area contributed by atoms with Gasteiger partial charge in [-0.05, 0) is 35.1 Å². The van der Waals surface area contributed by atoms with Crippen molar-refractivity contribution >= 4 is 28.8 Å². The van der Waals surface area contributed by atoms with Crippen molar-refractivity contribution in [3.63, 3.8) is 0 Å². The van der Waals surface area contributed by atoms with Crippen LogP contribution in [0.15, 0.2) is 35.0 Å². The molecule has 4 heterocycles. The largest absolute Gasteiger partial charge is 0.353 e. The zero-order valence-corrected chi connectivity index (χ0v) is 16.1. The highest BCUT2D eigenvalue weighted by Gasteiger charge is 2.34. The van der Waals surface area contributed by atoms with Gasteiger partial charge in [-0.3, -0.25) is 4.79 Å². The molecule has 2 aromatic heterocycles. The fraction of sp³-hybridized carbons (Fsp3) is 0.450. The lowest BCUT2D eigenvalue weighted by molar-refractivity contribution is -0.123. The number of hydrogen-bond acceptors (Lipinski definition) is 8. The van der Waals surface area contributed by atoms with Crippen LogP contribution in [0.1, 0.15) is 24.8 Å². The number of nitrogens with zero attached hydrogens (tertiary/aromatic N) is 6. The number of carbonyl (C=O) groups excluding carboxylic acids is 1. The number of rotatable bonds is 4. The Bertz CT molecular complexity index is 1000. The fourth-order valence-electron chi connectivity index (χ4n) is 4.14. The molecule has 1 amide bonds. The molecule has 2 fully saturated rings. The number of anilines is 2. The summed E-state index contributed by atoms with van der Waals surface area (Å²) in [6.07, 6.45) is 4.05. The van der Waals surface area contributed by atoms with Crippen molar-refractivity contribution in [2.24, 2.45) is 0 Å². The first-order valence-corrected chi connectivity index (χ1v) is 10.1. The second-order valence-electron chi connectivity index (χ2n) is 7.52. The predicted octanol–water partition coefficient (Wildman–Crippen LogP) is 1.55. The van der Waals surface area contributed by atoms with E-state index in [0.29, 0.717) is 36.6 Å². The Labute approximate surface area is 168 Å². The Balaban J connectivity index is 1.56. The Kier molecular flexibility index (Phi) is 4.71. The van der Waals surface area contributed by atoms with Gasteiger partial charge in [0, 0.05) is 32.6 Å². The number of piperazine rings is 1. The Morgan fingerprint density at radius 1 is 0.966 bits per heavy atom. The van der Waals surface area contributed by atoms with E-state index in [1.807, 2.05) is 30.3 Å². The van der Waals surface area contributed by atoms with Crippen molar-refractivity contribution in [1.82, 2.24) is 25.6 Å². The summed E-state index contributed by atoms with van der Waals surface area (Å²) >= 11 is 0. The number of amides is 1. The lowest BCUT2D eigenvalue weighted by Gasteiger charge is -2.38. The van der Waals surface area contributed by atoms with Gasteiger partial charge in [0.2, 0.25) is 17.2 Å². The van der Waals surface area contributed by atoms with Crippen LogP contribution in [-0.2, 0) is 11.2 Å². The molecule has 3 aromatic rings. The summed E-state index contributed by atoms with van der Waals surface area (Å²) in [4.78, 5) is 26.6. The van der Waals surface area contributed by atoms with Gasteiger partial charge in [0.1, 0.15) is 6.04 Å². The summed E-state index contributed by atoms with van der Waals surface area (Å²) in [6.45, 7) is 3.07. The molecular formula is C20H23N7O2. The van der Waals surface area contributed by atoms with E-state index in [0.717, 1.165) is 37.3 Å². The van der Waals surface area contributed by atoms with Gasteiger partial charge in [0.05, 0.1) is 0 Å². The van der Waals surface area contributed by atoms with E-state index in [1.54, 1.807) is 0 Å². The lowest BCUT2D eigenvalue weighted by atomic mass is 10.0. The van der Waals surface area contributed by atoms with Crippen LogP contribution in [0.4, 0.5) is 11.6 Å². The summed E-state index contributed by atoms with van der Waals surface area (Å²) in [5, 5.41) is 10.8. The van der Waals surface area contributed by atoms with Crippen molar-refractivity contribution < 1.29 is 9.42 Å². The molecule has 150 valence electrons. The van der Waals surface area contributed by atoms with Crippen LogP contribution in [0.2, 0.25) is 0 Å². The monoisotopic (exact) mass is 393 g/mol. The average molecular weight is 393 g/mol. The van der Waals surface area contributed by atoms with Crippen LogP contribution in [0.5, 0.6) is 0 Å². The highest BCUT2D eigenvalue weighted by molar-refractivity contribution is 5.88. The molecule has 0 spiro atoms. The van der Waals surface area contributed by atoms with Crippen molar-refractivity contribution in [3.05, 3.63) is 35.9 Å². The van der Waals surface area contributed by atoms with Crippen LogP contribution in [-0.4, -0.2) is 58.4 Å². The highest BCUT2D eigenvalue weighted by Crippen LogP contribution is 2.32. The van der Waals surface area contributed by atoms with E-state index in [-0.39, 0.29) is 11.9 Å². The Morgan fingerprint density at radius 2 is 1.69 bits per heavy atom. The number of nitrogens with one attached hydrogen (secondary N) is 1. The first-order valence-electron chi connectivity index (χ1n) is 10.1. The van der Waals surface area contributed by atoms with Crippen molar-refractivity contribution in [3.8, 4) is 0 Å². The summed E-state index contributed by atoms with van der Waals surface area (Å²) in [7, 11) is 0. The molecule has 9 heteroatoms. The molecule has 0 saturated carbocycles. The third kappa shape index (κ3) is 3.48. The molecule has 1 atom stereocenters. The van der Waals surface area contributed by atoms with Crippen LogP contribution in [0.25, 0.3) is 11.3 Å². The van der Waals surface area contributed by atoms with E-state index in [2.05, 4.69) is 25.4 Å². The van der Waals surface area contributed by atoms with E-state index in [4.69, 9.17) is 14.6 Å². The molecule has 0 aliphatic carbocycles. The van der Waals surface area contributed by atoms with E-state index in [9.17, 15) is 4.79 Å². The number of carbonyl (C=O) groups is 1. The number of hydrogen-bond donors (Lipinski definition) is 1. The molecule has 5 rings (SSSR count). The zero-order chi connectivity index (χ0) is 19.6. The summed E-state index contributed by atoms with van der Waals surface area (Å²) in [6, 6.07) is 9.69. The van der Waals surface area contributed by atoms with Gasteiger partial charge >= 0.3 is 0 Å². The first-order chi connectivity index (χ1) is 14.3. The van der Waals surface area contributed by atoms with Crippen molar-refractivity contribution in [1.29, 1.82) is 0 Å². The van der Waals surface area contributed by atoms with Gasteiger partial charge in [-0.25, -0.2) is 14.6 Å². The second-order valence-corrected chi connectivity index (χ2v) is 7.52. The molecule has 1 unspecified atom stereocenters. The minimum absolute atomic E-state index is 0.00451. The van der Waals surface area contributed by atoms with Crippen LogP contribution in [0, 0.1) is 0 Å². The predicted molar refractivity (Wildman–Crippen MR) is 108 cm³/mol. The fourth-order valence-corrected chi connectivity index (χ4v) is 4.14. The third-order valence-electron chi connectivity index (χ3n) is 5.61. The number of fused-ring (bicyclic) bond motifs is 1. The smallest absolute Gasteiger partial charge is 0.245 e. The van der Waals surface area contributed by atoms with Gasteiger partial charge in [0.15, 0.2) is 11.6 Å². The van der Waals surface area contributed by atoms with E-state index in [1.165, 1.54) is 6.42 Å². The van der Waals surface area contributed by atoms with E-state index >= 15 is 0 Å². The normalized spacial score (nSPS) is 20.1. The molecule has 2 aliphatic rings. The van der Waals surface area contributed by atoms with E-state index < -0.39 is 0 Å². The molecule has 1 N–H and O–H groups in total.